The van der Waals surface area contributed by atoms with Gasteiger partial charge in [0.1, 0.15) is 5.82 Å². The van der Waals surface area contributed by atoms with Crippen molar-refractivity contribution in [2.75, 3.05) is 13.1 Å². The van der Waals surface area contributed by atoms with Crippen LogP contribution >= 0.6 is 0 Å². The standard InChI is InChI=1S/C11H14FN/c1-8-2-3-9(5-11(8)12)4-10-6-13-7-10/h2-3,5,10,13H,4,6-7H2,1H3. The van der Waals surface area contributed by atoms with Crippen molar-refractivity contribution < 1.29 is 4.39 Å². The summed E-state index contributed by atoms with van der Waals surface area (Å²) in [5, 5.41) is 3.21. The SMILES string of the molecule is Cc1ccc(CC2CNC2)cc1F. The maximum absolute atomic E-state index is 13.1. The molecule has 2 rings (SSSR count). The fraction of sp³-hybridized carbons (Fsp3) is 0.455. The van der Waals surface area contributed by atoms with Gasteiger partial charge in [0.2, 0.25) is 0 Å². The van der Waals surface area contributed by atoms with E-state index in [4.69, 9.17) is 0 Å². The summed E-state index contributed by atoms with van der Waals surface area (Å²) in [6.45, 7) is 3.95. The molecule has 13 heavy (non-hydrogen) atoms. The fourth-order valence-electron chi connectivity index (χ4n) is 1.59. The minimum Gasteiger partial charge on any atom is -0.316 e. The first kappa shape index (κ1) is 8.70. The van der Waals surface area contributed by atoms with Gasteiger partial charge in [0.15, 0.2) is 0 Å². The molecule has 1 nitrogen and oxygen atoms in total. The van der Waals surface area contributed by atoms with E-state index in [9.17, 15) is 4.39 Å². The molecule has 1 N–H and O–H groups in total. The molecule has 70 valence electrons. The highest BCUT2D eigenvalue weighted by Gasteiger charge is 2.16. The summed E-state index contributed by atoms with van der Waals surface area (Å²) in [6.07, 6.45) is 1.00. The Balaban J connectivity index is 2.07. The van der Waals surface area contributed by atoms with Crippen LogP contribution in [0.15, 0.2) is 18.2 Å². The number of aryl methyl sites for hydroxylation is 1. The predicted octanol–water partition coefficient (Wildman–Crippen LogP) is 1.90. The van der Waals surface area contributed by atoms with Crippen molar-refractivity contribution in [2.45, 2.75) is 13.3 Å². The molecule has 1 heterocycles. The third-order valence-electron chi connectivity index (χ3n) is 2.63. The van der Waals surface area contributed by atoms with Crippen molar-refractivity contribution in [1.29, 1.82) is 0 Å². The molecular weight excluding hydrogens is 165 g/mol. The summed E-state index contributed by atoms with van der Waals surface area (Å²) in [5.74, 6) is 0.631. The van der Waals surface area contributed by atoms with Crippen molar-refractivity contribution >= 4 is 0 Å². The normalized spacial score (nSPS) is 17.1. The Morgan fingerprint density at radius 3 is 2.77 bits per heavy atom. The highest BCUT2D eigenvalue weighted by Crippen LogP contribution is 2.15. The first-order valence-corrected chi connectivity index (χ1v) is 4.71. The second kappa shape index (κ2) is 3.46. The van der Waals surface area contributed by atoms with E-state index in [0.717, 1.165) is 30.6 Å². The van der Waals surface area contributed by atoms with E-state index >= 15 is 0 Å². The smallest absolute Gasteiger partial charge is 0.126 e. The quantitative estimate of drug-likeness (QED) is 0.731. The molecule has 1 saturated heterocycles. The Labute approximate surface area is 78.0 Å². The summed E-state index contributed by atoms with van der Waals surface area (Å²) in [4.78, 5) is 0. The molecule has 0 amide bonds. The zero-order chi connectivity index (χ0) is 9.26. The van der Waals surface area contributed by atoms with Gasteiger partial charge in [-0.25, -0.2) is 4.39 Å². The lowest BCUT2D eigenvalue weighted by atomic mass is 9.94. The lowest BCUT2D eigenvalue weighted by Crippen LogP contribution is -2.43. The van der Waals surface area contributed by atoms with Crippen molar-refractivity contribution in [3.63, 3.8) is 0 Å². The van der Waals surface area contributed by atoms with Gasteiger partial charge in [0, 0.05) is 0 Å². The molecule has 0 aromatic heterocycles. The van der Waals surface area contributed by atoms with Gasteiger partial charge in [-0.05, 0) is 49.5 Å². The van der Waals surface area contributed by atoms with E-state index in [1.165, 1.54) is 0 Å². The van der Waals surface area contributed by atoms with Crippen LogP contribution in [0.1, 0.15) is 11.1 Å². The molecule has 0 unspecified atom stereocenters. The van der Waals surface area contributed by atoms with Gasteiger partial charge >= 0.3 is 0 Å². The van der Waals surface area contributed by atoms with Gasteiger partial charge in [0.25, 0.3) is 0 Å². The third-order valence-corrected chi connectivity index (χ3v) is 2.63. The van der Waals surface area contributed by atoms with Gasteiger partial charge in [-0.15, -0.1) is 0 Å². The van der Waals surface area contributed by atoms with Crippen molar-refractivity contribution in [3.05, 3.63) is 35.1 Å². The molecule has 2 heteroatoms. The lowest BCUT2D eigenvalue weighted by molar-refractivity contribution is 0.346. The molecule has 1 aliphatic rings. The maximum Gasteiger partial charge on any atom is 0.126 e. The second-order valence-corrected chi connectivity index (χ2v) is 3.81. The Morgan fingerprint density at radius 1 is 1.46 bits per heavy atom. The summed E-state index contributed by atoms with van der Waals surface area (Å²) in [6, 6.07) is 5.54. The second-order valence-electron chi connectivity index (χ2n) is 3.81. The van der Waals surface area contributed by atoms with E-state index < -0.39 is 0 Å². The molecule has 0 atom stereocenters. The molecule has 0 aliphatic carbocycles. The molecule has 0 saturated carbocycles. The van der Waals surface area contributed by atoms with Crippen LogP contribution in [-0.4, -0.2) is 13.1 Å². The molecule has 0 spiro atoms. The van der Waals surface area contributed by atoms with Crippen LogP contribution in [0, 0.1) is 18.7 Å². The fourth-order valence-corrected chi connectivity index (χ4v) is 1.59. The van der Waals surface area contributed by atoms with E-state index in [-0.39, 0.29) is 5.82 Å². The minimum atomic E-state index is -0.0789. The van der Waals surface area contributed by atoms with Crippen LogP contribution in [0.5, 0.6) is 0 Å². The average molecular weight is 179 g/mol. The monoisotopic (exact) mass is 179 g/mol. The zero-order valence-corrected chi connectivity index (χ0v) is 7.81. The van der Waals surface area contributed by atoms with Gasteiger partial charge in [-0.1, -0.05) is 12.1 Å². The number of hydrogen-bond donors (Lipinski definition) is 1. The highest BCUT2D eigenvalue weighted by atomic mass is 19.1. The molecule has 1 aromatic carbocycles. The van der Waals surface area contributed by atoms with Crippen molar-refractivity contribution in [3.8, 4) is 0 Å². The van der Waals surface area contributed by atoms with Gasteiger partial charge in [0.05, 0.1) is 0 Å². The molecule has 1 aromatic rings. The topological polar surface area (TPSA) is 12.0 Å². The first-order valence-electron chi connectivity index (χ1n) is 4.71. The molecule has 0 bridgehead atoms. The Hall–Kier alpha value is -0.890. The molecule has 1 aliphatic heterocycles. The first-order chi connectivity index (χ1) is 6.25. The van der Waals surface area contributed by atoms with Crippen LogP contribution in [0.25, 0.3) is 0 Å². The Morgan fingerprint density at radius 2 is 2.23 bits per heavy atom. The highest BCUT2D eigenvalue weighted by molar-refractivity contribution is 5.23. The van der Waals surface area contributed by atoms with Crippen molar-refractivity contribution in [2.24, 2.45) is 5.92 Å². The average Bonchev–Trinajstić information content (AvgIpc) is 2.04. The molecular formula is C11H14FN. The summed E-state index contributed by atoms with van der Waals surface area (Å²) in [7, 11) is 0. The number of nitrogens with one attached hydrogen (secondary N) is 1. The van der Waals surface area contributed by atoms with Crippen LogP contribution in [0.4, 0.5) is 4.39 Å². The van der Waals surface area contributed by atoms with Crippen LogP contribution in [0.2, 0.25) is 0 Å². The summed E-state index contributed by atoms with van der Waals surface area (Å²) >= 11 is 0. The van der Waals surface area contributed by atoms with E-state index in [1.807, 2.05) is 12.1 Å². The molecule has 0 radical (unpaired) electrons. The van der Waals surface area contributed by atoms with Gasteiger partial charge < -0.3 is 5.32 Å². The van der Waals surface area contributed by atoms with E-state index in [1.54, 1.807) is 13.0 Å². The number of benzene rings is 1. The van der Waals surface area contributed by atoms with Gasteiger partial charge in [-0.2, -0.15) is 0 Å². The zero-order valence-electron chi connectivity index (χ0n) is 7.81. The van der Waals surface area contributed by atoms with E-state index in [2.05, 4.69) is 5.32 Å². The minimum absolute atomic E-state index is 0.0789. The predicted molar refractivity (Wildman–Crippen MR) is 51.2 cm³/mol. The summed E-state index contributed by atoms with van der Waals surface area (Å²) < 4.78 is 13.1. The van der Waals surface area contributed by atoms with Crippen LogP contribution in [-0.2, 0) is 6.42 Å². The van der Waals surface area contributed by atoms with Crippen LogP contribution < -0.4 is 5.32 Å². The Kier molecular flexibility index (Phi) is 2.32. The van der Waals surface area contributed by atoms with Gasteiger partial charge in [-0.3, -0.25) is 0 Å². The van der Waals surface area contributed by atoms with Crippen LogP contribution in [0.3, 0.4) is 0 Å². The third kappa shape index (κ3) is 1.89. The Bertz CT molecular complexity index is 305. The molecule has 1 fully saturated rings. The number of hydrogen-bond acceptors (Lipinski definition) is 1. The maximum atomic E-state index is 13.1. The number of halogens is 1. The lowest BCUT2D eigenvalue weighted by Gasteiger charge is -2.27. The van der Waals surface area contributed by atoms with E-state index in [0.29, 0.717) is 5.92 Å². The largest absolute Gasteiger partial charge is 0.316 e. The summed E-state index contributed by atoms with van der Waals surface area (Å²) in [5.41, 5.74) is 1.85. The van der Waals surface area contributed by atoms with Crippen molar-refractivity contribution in [1.82, 2.24) is 5.32 Å². The number of rotatable bonds is 2.